The Kier molecular flexibility index (Phi) is 4.94. The predicted molar refractivity (Wildman–Crippen MR) is 95.9 cm³/mol. The molecule has 1 aliphatic heterocycles. The van der Waals surface area contributed by atoms with Gasteiger partial charge in [-0.2, -0.15) is 5.26 Å². The second kappa shape index (κ2) is 7.12. The molecular formula is C19H26N4O. The minimum absolute atomic E-state index is 0.126. The summed E-state index contributed by atoms with van der Waals surface area (Å²) in [5, 5.41) is 15.5. The highest BCUT2D eigenvalue weighted by Crippen LogP contribution is 2.39. The Bertz CT molecular complexity index is 628. The Morgan fingerprint density at radius 3 is 2.67 bits per heavy atom. The van der Waals surface area contributed by atoms with E-state index < -0.39 is 5.54 Å². The highest BCUT2D eigenvalue weighted by atomic mass is 16.2. The van der Waals surface area contributed by atoms with Crippen LogP contribution >= 0.6 is 0 Å². The summed E-state index contributed by atoms with van der Waals surface area (Å²) >= 11 is 0. The van der Waals surface area contributed by atoms with Crippen molar-refractivity contribution in [2.45, 2.75) is 44.6 Å². The molecule has 1 atom stereocenters. The van der Waals surface area contributed by atoms with Crippen molar-refractivity contribution >= 4 is 17.3 Å². The van der Waals surface area contributed by atoms with E-state index in [-0.39, 0.29) is 12.5 Å². The first kappa shape index (κ1) is 16.6. The quantitative estimate of drug-likeness (QED) is 0.843. The summed E-state index contributed by atoms with van der Waals surface area (Å²) in [7, 11) is 0. The number of nitrogens with one attached hydrogen (secondary N) is 2. The van der Waals surface area contributed by atoms with Gasteiger partial charge in [0.1, 0.15) is 5.54 Å². The average molecular weight is 326 g/mol. The van der Waals surface area contributed by atoms with Gasteiger partial charge >= 0.3 is 0 Å². The zero-order valence-corrected chi connectivity index (χ0v) is 14.3. The lowest BCUT2D eigenvalue weighted by molar-refractivity contribution is -0.120. The van der Waals surface area contributed by atoms with E-state index in [1.54, 1.807) is 0 Å². The van der Waals surface area contributed by atoms with Gasteiger partial charge in [-0.15, -0.1) is 0 Å². The summed E-state index contributed by atoms with van der Waals surface area (Å²) < 4.78 is 0. The Morgan fingerprint density at radius 2 is 2.00 bits per heavy atom. The van der Waals surface area contributed by atoms with Crippen LogP contribution in [0.25, 0.3) is 0 Å². The molecule has 128 valence electrons. The second-order valence-electron chi connectivity index (χ2n) is 7.06. The number of carbonyl (C=O) groups is 1. The molecule has 5 heteroatoms. The lowest BCUT2D eigenvalue weighted by Gasteiger charge is -2.30. The molecule has 1 saturated heterocycles. The number of nitrogens with zero attached hydrogens (tertiary/aromatic N) is 2. The number of para-hydroxylation sites is 2. The van der Waals surface area contributed by atoms with Crippen LogP contribution < -0.4 is 15.5 Å². The van der Waals surface area contributed by atoms with Crippen molar-refractivity contribution in [1.29, 1.82) is 5.26 Å². The molecule has 1 aromatic rings. The highest BCUT2D eigenvalue weighted by molar-refractivity contribution is 5.83. The lowest BCUT2D eigenvalue weighted by Crippen LogP contribution is -2.48. The van der Waals surface area contributed by atoms with Crippen molar-refractivity contribution in [1.82, 2.24) is 5.32 Å². The summed E-state index contributed by atoms with van der Waals surface area (Å²) in [5.41, 5.74) is 1.42. The van der Waals surface area contributed by atoms with Gasteiger partial charge in [-0.25, -0.2) is 0 Å². The van der Waals surface area contributed by atoms with Crippen molar-refractivity contribution in [2.24, 2.45) is 5.92 Å². The molecule has 5 nitrogen and oxygen atoms in total. The molecule has 0 spiro atoms. The molecule has 1 heterocycles. The minimum Gasteiger partial charge on any atom is -0.374 e. The summed E-state index contributed by atoms with van der Waals surface area (Å²) in [5.74, 6) is 0.173. The van der Waals surface area contributed by atoms with E-state index in [1.807, 2.05) is 25.1 Å². The standard InChI is InChI=1S/C19H26N4O/c1-19(14-20,15-9-10-15)22-18(24)13-21-16-7-3-4-8-17(16)23-11-5-2-6-12-23/h3-4,7-8,15,21H,2,5-6,9-13H2,1H3,(H,22,24). The maximum absolute atomic E-state index is 12.3. The lowest BCUT2D eigenvalue weighted by atomic mass is 9.98. The largest absolute Gasteiger partial charge is 0.374 e. The summed E-state index contributed by atoms with van der Waals surface area (Å²) in [6.45, 7) is 4.15. The van der Waals surface area contributed by atoms with E-state index in [1.165, 1.54) is 19.3 Å². The van der Waals surface area contributed by atoms with Gasteiger partial charge in [-0.1, -0.05) is 12.1 Å². The van der Waals surface area contributed by atoms with Crippen molar-refractivity contribution in [3.63, 3.8) is 0 Å². The number of amides is 1. The minimum atomic E-state index is -0.731. The van der Waals surface area contributed by atoms with Crippen LogP contribution in [-0.4, -0.2) is 31.1 Å². The number of hydrogen-bond acceptors (Lipinski definition) is 4. The van der Waals surface area contributed by atoms with E-state index in [2.05, 4.69) is 27.7 Å². The van der Waals surface area contributed by atoms with E-state index in [0.717, 1.165) is 37.3 Å². The molecule has 1 aromatic carbocycles. The van der Waals surface area contributed by atoms with E-state index in [9.17, 15) is 10.1 Å². The molecule has 1 aliphatic carbocycles. The normalized spacial score (nSPS) is 19.9. The fourth-order valence-corrected chi connectivity index (χ4v) is 3.42. The molecule has 2 fully saturated rings. The van der Waals surface area contributed by atoms with Crippen molar-refractivity contribution < 1.29 is 4.79 Å². The van der Waals surface area contributed by atoms with Crippen LogP contribution in [0.5, 0.6) is 0 Å². The Balaban J connectivity index is 1.60. The molecule has 1 amide bonds. The summed E-state index contributed by atoms with van der Waals surface area (Å²) in [4.78, 5) is 14.7. The van der Waals surface area contributed by atoms with Crippen molar-refractivity contribution in [2.75, 3.05) is 29.9 Å². The predicted octanol–water partition coefficient (Wildman–Crippen LogP) is 2.90. The third kappa shape index (κ3) is 3.81. The zero-order chi connectivity index (χ0) is 17.0. The third-order valence-corrected chi connectivity index (χ3v) is 5.07. The van der Waals surface area contributed by atoms with E-state index in [4.69, 9.17) is 0 Å². The van der Waals surface area contributed by atoms with E-state index >= 15 is 0 Å². The molecule has 24 heavy (non-hydrogen) atoms. The van der Waals surface area contributed by atoms with Crippen LogP contribution in [0.4, 0.5) is 11.4 Å². The number of anilines is 2. The number of rotatable bonds is 6. The van der Waals surface area contributed by atoms with Gasteiger partial charge in [0, 0.05) is 13.1 Å². The number of nitriles is 1. The Hall–Kier alpha value is -2.22. The fraction of sp³-hybridized carbons (Fsp3) is 0.579. The fourth-order valence-electron chi connectivity index (χ4n) is 3.42. The molecule has 0 radical (unpaired) electrons. The maximum atomic E-state index is 12.3. The van der Waals surface area contributed by atoms with Crippen LogP contribution in [0.2, 0.25) is 0 Å². The topological polar surface area (TPSA) is 68.2 Å². The first-order chi connectivity index (χ1) is 11.6. The highest BCUT2D eigenvalue weighted by Gasteiger charge is 2.42. The second-order valence-corrected chi connectivity index (χ2v) is 7.06. The Morgan fingerprint density at radius 1 is 1.29 bits per heavy atom. The SMILES string of the molecule is CC(C#N)(NC(=O)CNc1ccccc1N1CCCCC1)C1CC1. The molecular weight excluding hydrogens is 300 g/mol. The van der Waals surface area contributed by atoms with Crippen molar-refractivity contribution in [3.8, 4) is 6.07 Å². The molecule has 0 bridgehead atoms. The summed E-state index contributed by atoms with van der Waals surface area (Å²) in [6, 6.07) is 10.4. The van der Waals surface area contributed by atoms with Crippen LogP contribution in [0.15, 0.2) is 24.3 Å². The first-order valence-electron chi connectivity index (χ1n) is 8.92. The Labute approximate surface area is 144 Å². The third-order valence-electron chi connectivity index (χ3n) is 5.07. The average Bonchev–Trinajstić information content (AvgIpc) is 3.46. The van der Waals surface area contributed by atoms with E-state index in [0.29, 0.717) is 5.92 Å². The monoisotopic (exact) mass is 326 g/mol. The number of benzene rings is 1. The van der Waals surface area contributed by atoms with Gasteiger partial charge in [0.2, 0.25) is 5.91 Å². The van der Waals surface area contributed by atoms with Gasteiger partial charge in [0.05, 0.1) is 24.0 Å². The van der Waals surface area contributed by atoms with Gasteiger partial charge in [-0.05, 0) is 57.1 Å². The molecule has 0 aromatic heterocycles. The van der Waals surface area contributed by atoms with Crippen LogP contribution in [0, 0.1) is 17.2 Å². The smallest absolute Gasteiger partial charge is 0.240 e. The number of carbonyl (C=O) groups excluding carboxylic acids is 1. The van der Waals surface area contributed by atoms with Crippen molar-refractivity contribution in [3.05, 3.63) is 24.3 Å². The molecule has 1 unspecified atom stereocenters. The first-order valence-corrected chi connectivity index (χ1v) is 8.92. The molecule has 3 rings (SSSR count). The molecule has 2 aliphatic rings. The molecule has 2 N–H and O–H groups in total. The number of hydrogen-bond donors (Lipinski definition) is 2. The number of piperidine rings is 1. The van der Waals surface area contributed by atoms with Crippen LogP contribution in [-0.2, 0) is 4.79 Å². The zero-order valence-electron chi connectivity index (χ0n) is 14.3. The van der Waals surface area contributed by atoms with Crippen LogP contribution in [0.1, 0.15) is 39.0 Å². The van der Waals surface area contributed by atoms with Crippen LogP contribution in [0.3, 0.4) is 0 Å². The molecule has 1 saturated carbocycles. The van der Waals surface area contributed by atoms with Gasteiger partial charge < -0.3 is 15.5 Å². The van der Waals surface area contributed by atoms with Gasteiger partial charge in [0.15, 0.2) is 0 Å². The van der Waals surface area contributed by atoms with Gasteiger partial charge in [-0.3, -0.25) is 4.79 Å². The summed E-state index contributed by atoms with van der Waals surface area (Å²) in [6.07, 6.45) is 5.78. The van der Waals surface area contributed by atoms with Gasteiger partial charge in [0.25, 0.3) is 0 Å². The maximum Gasteiger partial charge on any atom is 0.240 e.